The summed E-state index contributed by atoms with van der Waals surface area (Å²) in [5.74, 6) is 0.156. The lowest BCUT2D eigenvalue weighted by molar-refractivity contribution is 0.0733. The molecule has 3 rings (SSSR count). The maximum atomic E-state index is 12.6. The van der Waals surface area contributed by atoms with Gasteiger partial charge in [0.1, 0.15) is 5.75 Å². The van der Waals surface area contributed by atoms with Gasteiger partial charge in [0.25, 0.3) is 0 Å². The Labute approximate surface area is 147 Å². The molecular weight excluding hydrogens is 310 g/mol. The lowest BCUT2D eigenvalue weighted by Crippen LogP contribution is -2.12. The SMILES string of the molecule is N=Cc1ccc(C(=O)Oc2ccccc2)c(CCc2ccccc2)c1. The molecule has 3 heteroatoms. The molecule has 3 nitrogen and oxygen atoms in total. The fourth-order valence-corrected chi connectivity index (χ4v) is 2.68. The minimum atomic E-state index is -0.370. The van der Waals surface area contributed by atoms with E-state index in [1.54, 1.807) is 24.3 Å². The van der Waals surface area contributed by atoms with E-state index in [9.17, 15) is 4.79 Å². The molecule has 0 saturated carbocycles. The molecule has 0 saturated heterocycles. The van der Waals surface area contributed by atoms with E-state index < -0.39 is 0 Å². The van der Waals surface area contributed by atoms with E-state index in [2.05, 4.69) is 12.1 Å². The molecule has 0 amide bonds. The number of hydrogen-bond acceptors (Lipinski definition) is 3. The smallest absolute Gasteiger partial charge is 0.343 e. The van der Waals surface area contributed by atoms with Crippen molar-refractivity contribution in [1.82, 2.24) is 0 Å². The van der Waals surface area contributed by atoms with E-state index in [4.69, 9.17) is 10.1 Å². The van der Waals surface area contributed by atoms with Crippen LogP contribution in [0, 0.1) is 5.41 Å². The highest BCUT2D eigenvalue weighted by Crippen LogP contribution is 2.18. The van der Waals surface area contributed by atoms with Crippen LogP contribution >= 0.6 is 0 Å². The van der Waals surface area contributed by atoms with Crippen molar-refractivity contribution in [3.63, 3.8) is 0 Å². The van der Waals surface area contributed by atoms with Gasteiger partial charge in [-0.05, 0) is 53.8 Å². The van der Waals surface area contributed by atoms with Crippen molar-refractivity contribution in [1.29, 1.82) is 5.41 Å². The number of rotatable bonds is 6. The molecule has 0 heterocycles. The first-order valence-electron chi connectivity index (χ1n) is 8.21. The van der Waals surface area contributed by atoms with E-state index in [-0.39, 0.29) is 5.97 Å². The summed E-state index contributed by atoms with van der Waals surface area (Å²) in [6, 6.07) is 24.6. The van der Waals surface area contributed by atoms with E-state index in [0.29, 0.717) is 17.7 Å². The Bertz CT molecular complexity index is 858. The molecule has 0 aliphatic carbocycles. The van der Waals surface area contributed by atoms with E-state index >= 15 is 0 Å². The summed E-state index contributed by atoms with van der Waals surface area (Å²) < 4.78 is 5.47. The zero-order chi connectivity index (χ0) is 17.5. The van der Waals surface area contributed by atoms with Crippen LogP contribution < -0.4 is 4.74 Å². The highest BCUT2D eigenvalue weighted by molar-refractivity contribution is 5.93. The Balaban J connectivity index is 1.82. The van der Waals surface area contributed by atoms with Gasteiger partial charge in [0.15, 0.2) is 0 Å². The predicted molar refractivity (Wildman–Crippen MR) is 99.6 cm³/mol. The van der Waals surface area contributed by atoms with Gasteiger partial charge in [0.2, 0.25) is 0 Å². The first-order chi connectivity index (χ1) is 12.3. The fraction of sp³-hybridized carbons (Fsp3) is 0.0909. The molecule has 0 spiro atoms. The van der Waals surface area contributed by atoms with Crippen LogP contribution in [0.15, 0.2) is 78.9 Å². The average Bonchev–Trinajstić information content (AvgIpc) is 2.67. The summed E-state index contributed by atoms with van der Waals surface area (Å²) >= 11 is 0. The summed E-state index contributed by atoms with van der Waals surface area (Å²) in [5.41, 5.74) is 3.43. The van der Waals surface area contributed by atoms with Gasteiger partial charge in [0.05, 0.1) is 5.56 Å². The molecule has 0 radical (unpaired) electrons. The van der Waals surface area contributed by atoms with Crippen LogP contribution in [0.4, 0.5) is 0 Å². The lowest BCUT2D eigenvalue weighted by atomic mass is 9.98. The van der Waals surface area contributed by atoms with Crippen molar-refractivity contribution in [3.8, 4) is 5.75 Å². The highest BCUT2D eigenvalue weighted by atomic mass is 16.5. The minimum Gasteiger partial charge on any atom is -0.423 e. The van der Waals surface area contributed by atoms with Gasteiger partial charge in [-0.2, -0.15) is 0 Å². The maximum Gasteiger partial charge on any atom is 0.343 e. The molecule has 124 valence electrons. The van der Waals surface area contributed by atoms with Crippen molar-refractivity contribution in [3.05, 3.63) is 101 Å². The van der Waals surface area contributed by atoms with Crippen LogP contribution in [0.5, 0.6) is 5.75 Å². The van der Waals surface area contributed by atoms with E-state index in [1.807, 2.05) is 42.5 Å². The van der Waals surface area contributed by atoms with Crippen LogP contribution in [0.1, 0.15) is 27.0 Å². The molecule has 0 bridgehead atoms. The number of esters is 1. The summed E-state index contributed by atoms with van der Waals surface area (Å²) in [6.45, 7) is 0. The van der Waals surface area contributed by atoms with Crippen molar-refractivity contribution in [2.75, 3.05) is 0 Å². The molecule has 25 heavy (non-hydrogen) atoms. The third kappa shape index (κ3) is 4.42. The van der Waals surface area contributed by atoms with Crippen LogP contribution in [-0.2, 0) is 12.8 Å². The number of benzene rings is 3. The lowest BCUT2D eigenvalue weighted by Gasteiger charge is -2.11. The Kier molecular flexibility index (Phi) is 5.37. The molecule has 0 atom stereocenters. The zero-order valence-electron chi connectivity index (χ0n) is 13.8. The van der Waals surface area contributed by atoms with Crippen LogP contribution in [0.3, 0.4) is 0 Å². The average molecular weight is 329 g/mol. The normalized spacial score (nSPS) is 10.2. The first kappa shape index (κ1) is 16.7. The number of nitrogens with one attached hydrogen (secondary N) is 1. The second-order valence-corrected chi connectivity index (χ2v) is 5.75. The summed E-state index contributed by atoms with van der Waals surface area (Å²) in [7, 11) is 0. The van der Waals surface area contributed by atoms with Crippen molar-refractivity contribution >= 4 is 12.2 Å². The number of ether oxygens (including phenoxy) is 1. The molecule has 1 N–H and O–H groups in total. The number of hydrogen-bond donors (Lipinski definition) is 1. The molecule has 3 aromatic rings. The molecule has 3 aromatic carbocycles. The topological polar surface area (TPSA) is 50.2 Å². The van der Waals surface area contributed by atoms with Gasteiger partial charge in [-0.25, -0.2) is 4.79 Å². The van der Waals surface area contributed by atoms with Crippen molar-refractivity contribution in [2.24, 2.45) is 0 Å². The van der Waals surface area contributed by atoms with Crippen LogP contribution in [0.2, 0.25) is 0 Å². The van der Waals surface area contributed by atoms with Gasteiger partial charge in [-0.1, -0.05) is 54.6 Å². The fourth-order valence-electron chi connectivity index (χ4n) is 2.68. The maximum absolute atomic E-state index is 12.6. The minimum absolute atomic E-state index is 0.370. The van der Waals surface area contributed by atoms with Gasteiger partial charge >= 0.3 is 5.97 Å². The zero-order valence-corrected chi connectivity index (χ0v) is 13.8. The summed E-state index contributed by atoms with van der Waals surface area (Å²) in [4.78, 5) is 12.6. The highest BCUT2D eigenvalue weighted by Gasteiger charge is 2.14. The van der Waals surface area contributed by atoms with Gasteiger partial charge < -0.3 is 10.1 Å². The molecule has 0 aliphatic heterocycles. The third-order valence-corrected chi connectivity index (χ3v) is 4.00. The monoisotopic (exact) mass is 329 g/mol. The second kappa shape index (κ2) is 8.06. The van der Waals surface area contributed by atoms with Crippen molar-refractivity contribution in [2.45, 2.75) is 12.8 Å². The Morgan fingerprint density at radius 2 is 1.56 bits per heavy atom. The number of aryl methyl sites for hydroxylation is 2. The number of carbonyl (C=O) groups is 1. The first-order valence-corrected chi connectivity index (χ1v) is 8.21. The molecule has 0 aromatic heterocycles. The molecule has 0 fully saturated rings. The van der Waals surface area contributed by atoms with Crippen LogP contribution in [-0.4, -0.2) is 12.2 Å². The van der Waals surface area contributed by atoms with Crippen molar-refractivity contribution < 1.29 is 9.53 Å². The van der Waals surface area contributed by atoms with Gasteiger partial charge in [-0.3, -0.25) is 0 Å². The van der Waals surface area contributed by atoms with Gasteiger partial charge in [0, 0.05) is 6.21 Å². The quantitative estimate of drug-likeness (QED) is 0.405. The van der Waals surface area contributed by atoms with Crippen LogP contribution in [0.25, 0.3) is 0 Å². The largest absolute Gasteiger partial charge is 0.423 e. The number of para-hydroxylation sites is 1. The summed E-state index contributed by atoms with van der Waals surface area (Å²) in [6.07, 6.45) is 2.83. The Hall–Kier alpha value is -3.20. The van der Waals surface area contributed by atoms with Gasteiger partial charge in [-0.15, -0.1) is 0 Å². The summed E-state index contributed by atoms with van der Waals surface area (Å²) in [5, 5.41) is 7.45. The predicted octanol–water partition coefficient (Wildman–Crippen LogP) is 4.69. The molecular formula is C22H19NO2. The second-order valence-electron chi connectivity index (χ2n) is 5.75. The number of carbonyl (C=O) groups excluding carboxylic acids is 1. The third-order valence-electron chi connectivity index (χ3n) is 4.00. The Morgan fingerprint density at radius 3 is 2.24 bits per heavy atom. The molecule has 0 unspecified atom stereocenters. The van der Waals surface area contributed by atoms with E-state index in [0.717, 1.165) is 17.5 Å². The van der Waals surface area contributed by atoms with E-state index in [1.165, 1.54) is 11.8 Å². The Morgan fingerprint density at radius 1 is 0.880 bits per heavy atom. The standard InChI is InChI=1S/C22H19NO2/c23-16-18-12-14-21(22(24)25-20-9-5-2-6-10-20)19(15-18)13-11-17-7-3-1-4-8-17/h1-10,12,14-16,23H,11,13H2. The molecule has 0 aliphatic rings.